The van der Waals surface area contributed by atoms with Gasteiger partial charge in [-0.05, 0) is 51.3 Å². The van der Waals surface area contributed by atoms with Crippen LogP contribution in [0.5, 0.6) is 0 Å². The highest BCUT2D eigenvalue weighted by Crippen LogP contribution is 2.29. The second-order valence-corrected chi connectivity index (χ2v) is 6.70. The van der Waals surface area contributed by atoms with Gasteiger partial charge in [0.1, 0.15) is 5.60 Å². The van der Waals surface area contributed by atoms with Crippen LogP contribution in [0.2, 0.25) is 0 Å². The van der Waals surface area contributed by atoms with Crippen molar-refractivity contribution in [3.63, 3.8) is 0 Å². The van der Waals surface area contributed by atoms with E-state index < -0.39 is 5.60 Å². The molecule has 1 unspecified atom stereocenters. The summed E-state index contributed by atoms with van der Waals surface area (Å²) in [5, 5.41) is 3.39. The minimum absolute atomic E-state index is 0.0369. The van der Waals surface area contributed by atoms with Gasteiger partial charge in [0, 0.05) is 19.6 Å². The standard InChI is InChI=1S/C17H26N2O2/c1-12-7-6-8-13(2)15(12)14-11-18-9-10-19(14)16(20)21-17(3,4)5/h6-8,14,18H,9-11H2,1-5H3. The van der Waals surface area contributed by atoms with Gasteiger partial charge in [0.25, 0.3) is 0 Å². The fraction of sp³-hybridized carbons (Fsp3) is 0.588. The molecule has 1 atom stereocenters. The van der Waals surface area contributed by atoms with Crippen molar-refractivity contribution in [2.24, 2.45) is 0 Å². The van der Waals surface area contributed by atoms with E-state index in [1.807, 2.05) is 25.7 Å². The Morgan fingerprint density at radius 1 is 1.29 bits per heavy atom. The second-order valence-electron chi connectivity index (χ2n) is 6.70. The number of aryl methyl sites for hydroxylation is 2. The molecule has 1 amide bonds. The number of ether oxygens (including phenoxy) is 1. The number of carbonyl (C=O) groups is 1. The average molecular weight is 290 g/mol. The SMILES string of the molecule is Cc1cccc(C)c1C1CNCCN1C(=O)OC(C)(C)C. The van der Waals surface area contributed by atoms with Crippen molar-refractivity contribution in [1.82, 2.24) is 10.2 Å². The highest BCUT2D eigenvalue weighted by atomic mass is 16.6. The van der Waals surface area contributed by atoms with Crippen LogP contribution in [0, 0.1) is 13.8 Å². The predicted octanol–water partition coefficient (Wildman–Crippen LogP) is 3.18. The normalized spacial score (nSPS) is 19.5. The quantitative estimate of drug-likeness (QED) is 0.863. The molecule has 21 heavy (non-hydrogen) atoms. The van der Waals surface area contributed by atoms with E-state index in [1.165, 1.54) is 16.7 Å². The molecule has 116 valence electrons. The van der Waals surface area contributed by atoms with E-state index in [4.69, 9.17) is 4.74 Å². The zero-order valence-corrected chi connectivity index (χ0v) is 13.7. The molecule has 0 radical (unpaired) electrons. The summed E-state index contributed by atoms with van der Waals surface area (Å²) in [4.78, 5) is 14.4. The summed E-state index contributed by atoms with van der Waals surface area (Å²) in [6.07, 6.45) is -0.225. The number of amides is 1. The first-order chi connectivity index (χ1) is 9.79. The van der Waals surface area contributed by atoms with Crippen LogP contribution in [-0.4, -0.2) is 36.2 Å². The van der Waals surface area contributed by atoms with E-state index in [0.29, 0.717) is 6.54 Å². The predicted molar refractivity (Wildman–Crippen MR) is 84.5 cm³/mol. The first-order valence-corrected chi connectivity index (χ1v) is 7.56. The Hall–Kier alpha value is -1.55. The molecule has 1 aliphatic rings. The van der Waals surface area contributed by atoms with Crippen molar-refractivity contribution in [2.45, 2.75) is 46.3 Å². The van der Waals surface area contributed by atoms with Crippen molar-refractivity contribution < 1.29 is 9.53 Å². The Morgan fingerprint density at radius 2 is 1.90 bits per heavy atom. The number of hydrogen-bond acceptors (Lipinski definition) is 3. The van der Waals surface area contributed by atoms with E-state index in [1.54, 1.807) is 0 Å². The zero-order chi connectivity index (χ0) is 15.6. The minimum Gasteiger partial charge on any atom is -0.444 e. The van der Waals surface area contributed by atoms with Gasteiger partial charge in [0.05, 0.1) is 6.04 Å². The number of rotatable bonds is 1. The molecule has 1 aromatic carbocycles. The van der Waals surface area contributed by atoms with Crippen LogP contribution >= 0.6 is 0 Å². The van der Waals surface area contributed by atoms with E-state index in [9.17, 15) is 4.79 Å². The van der Waals surface area contributed by atoms with Crippen LogP contribution < -0.4 is 5.32 Å². The molecule has 4 heteroatoms. The van der Waals surface area contributed by atoms with Gasteiger partial charge in [0.2, 0.25) is 0 Å². The van der Waals surface area contributed by atoms with Crippen LogP contribution in [-0.2, 0) is 4.74 Å². The molecule has 1 aliphatic heterocycles. The van der Waals surface area contributed by atoms with Gasteiger partial charge in [-0.2, -0.15) is 0 Å². The van der Waals surface area contributed by atoms with E-state index >= 15 is 0 Å². The molecule has 0 aromatic heterocycles. The van der Waals surface area contributed by atoms with Crippen LogP contribution in [0.25, 0.3) is 0 Å². The first-order valence-electron chi connectivity index (χ1n) is 7.56. The molecular weight excluding hydrogens is 264 g/mol. The molecule has 4 nitrogen and oxygen atoms in total. The Balaban J connectivity index is 2.29. The molecule has 1 N–H and O–H groups in total. The Labute approximate surface area is 127 Å². The maximum Gasteiger partial charge on any atom is 0.410 e. The molecule has 0 saturated carbocycles. The second kappa shape index (κ2) is 6.06. The summed E-state index contributed by atoms with van der Waals surface area (Å²) in [6.45, 7) is 12.2. The number of nitrogens with one attached hydrogen (secondary N) is 1. The third-order valence-electron chi connectivity index (χ3n) is 3.75. The lowest BCUT2D eigenvalue weighted by Gasteiger charge is -2.38. The van der Waals surface area contributed by atoms with Crippen molar-refractivity contribution >= 4 is 6.09 Å². The molecule has 1 fully saturated rings. The van der Waals surface area contributed by atoms with E-state index in [2.05, 4.69) is 37.4 Å². The van der Waals surface area contributed by atoms with Crippen LogP contribution in [0.4, 0.5) is 4.79 Å². The molecular formula is C17H26N2O2. The number of carbonyl (C=O) groups excluding carboxylic acids is 1. The lowest BCUT2D eigenvalue weighted by Crippen LogP contribution is -2.50. The van der Waals surface area contributed by atoms with E-state index in [-0.39, 0.29) is 12.1 Å². The van der Waals surface area contributed by atoms with Gasteiger partial charge in [-0.1, -0.05) is 18.2 Å². The first kappa shape index (κ1) is 15.8. The third-order valence-corrected chi connectivity index (χ3v) is 3.75. The van der Waals surface area contributed by atoms with Gasteiger partial charge in [0.15, 0.2) is 0 Å². The summed E-state index contributed by atoms with van der Waals surface area (Å²) in [5.74, 6) is 0. The summed E-state index contributed by atoms with van der Waals surface area (Å²) in [7, 11) is 0. The molecule has 1 heterocycles. The molecule has 1 saturated heterocycles. The summed E-state index contributed by atoms with van der Waals surface area (Å²) < 4.78 is 5.57. The van der Waals surface area contributed by atoms with Crippen LogP contribution in [0.3, 0.4) is 0 Å². The zero-order valence-electron chi connectivity index (χ0n) is 13.7. The van der Waals surface area contributed by atoms with Gasteiger partial charge in [-0.15, -0.1) is 0 Å². The largest absolute Gasteiger partial charge is 0.444 e. The van der Waals surface area contributed by atoms with E-state index in [0.717, 1.165) is 13.1 Å². The van der Waals surface area contributed by atoms with Gasteiger partial charge < -0.3 is 10.1 Å². The Kier molecular flexibility index (Phi) is 4.57. The number of nitrogens with zero attached hydrogens (tertiary/aromatic N) is 1. The fourth-order valence-corrected chi connectivity index (χ4v) is 2.85. The summed E-state index contributed by atoms with van der Waals surface area (Å²) in [6, 6.07) is 6.30. The molecule has 2 rings (SSSR count). The van der Waals surface area contributed by atoms with Crippen LogP contribution in [0.1, 0.15) is 43.5 Å². The van der Waals surface area contributed by atoms with Crippen LogP contribution in [0.15, 0.2) is 18.2 Å². The van der Waals surface area contributed by atoms with Gasteiger partial charge >= 0.3 is 6.09 Å². The number of benzene rings is 1. The molecule has 1 aromatic rings. The monoisotopic (exact) mass is 290 g/mol. The van der Waals surface area contributed by atoms with Crippen molar-refractivity contribution in [1.29, 1.82) is 0 Å². The number of piperazine rings is 1. The lowest BCUT2D eigenvalue weighted by atomic mass is 9.94. The third kappa shape index (κ3) is 3.76. The lowest BCUT2D eigenvalue weighted by molar-refractivity contribution is 0.0117. The van der Waals surface area contributed by atoms with Crippen molar-refractivity contribution in [3.05, 3.63) is 34.9 Å². The summed E-state index contributed by atoms with van der Waals surface area (Å²) >= 11 is 0. The fourth-order valence-electron chi connectivity index (χ4n) is 2.85. The molecule has 0 aliphatic carbocycles. The highest BCUT2D eigenvalue weighted by Gasteiger charge is 2.32. The Morgan fingerprint density at radius 3 is 2.48 bits per heavy atom. The number of hydrogen-bond donors (Lipinski definition) is 1. The summed E-state index contributed by atoms with van der Waals surface area (Å²) in [5.41, 5.74) is 3.21. The maximum absolute atomic E-state index is 12.5. The van der Waals surface area contributed by atoms with Crippen molar-refractivity contribution in [3.8, 4) is 0 Å². The minimum atomic E-state index is -0.465. The molecule has 0 spiro atoms. The maximum atomic E-state index is 12.5. The Bertz CT molecular complexity index is 500. The highest BCUT2D eigenvalue weighted by molar-refractivity contribution is 5.69. The van der Waals surface area contributed by atoms with Crippen molar-refractivity contribution in [2.75, 3.05) is 19.6 Å². The average Bonchev–Trinajstić information content (AvgIpc) is 2.37. The topological polar surface area (TPSA) is 41.6 Å². The van der Waals surface area contributed by atoms with Gasteiger partial charge in [-0.25, -0.2) is 4.79 Å². The molecule has 0 bridgehead atoms. The van der Waals surface area contributed by atoms with Gasteiger partial charge in [-0.3, -0.25) is 4.90 Å². The smallest absolute Gasteiger partial charge is 0.410 e.